The predicted molar refractivity (Wildman–Crippen MR) is 130 cm³/mol. The van der Waals surface area contributed by atoms with E-state index in [0.717, 1.165) is 29.5 Å². The van der Waals surface area contributed by atoms with Crippen molar-refractivity contribution in [2.75, 3.05) is 6.61 Å². The molecule has 0 aliphatic rings. The Kier molecular flexibility index (Phi) is 7.54. The van der Waals surface area contributed by atoms with Crippen molar-refractivity contribution in [3.05, 3.63) is 113 Å². The molecule has 0 N–H and O–H groups in total. The third kappa shape index (κ3) is 5.99. The molecule has 4 heteroatoms. The third-order valence-corrected chi connectivity index (χ3v) is 5.66. The fraction of sp³-hybridized carbons (Fsp3) is 0.200. The third-order valence-electron chi connectivity index (χ3n) is 5.66. The molecule has 0 spiro atoms. The predicted octanol–water partition coefficient (Wildman–Crippen LogP) is 7.62. The molecule has 34 heavy (non-hydrogen) atoms. The molecule has 4 aromatic rings. The first-order chi connectivity index (χ1) is 16.5. The van der Waals surface area contributed by atoms with E-state index in [-0.39, 0.29) is 5.82 Å². The summed E-state index contributed by atoms with van der Waals surface area (Å²) in [5.41, 5.74) is 3.32. The molecule has 0 amide bonds. The Morgan fingerprint density at radius 2 is 1.38 bits per heavy atom. The molecule has 0 saturated heterocycles. The minimum atomic E-state index is -0.871. The van der Waals surface area contributed by atoms with Gasteiger partial charge in [-0.1, -0.05) is 49.5 Å². The standard InChI is InChI=1S/C30H25F3O/c1-2-3-16-34-27-15-14-24(28(31)20-27)12-10-22-6-4-21(5-7-22)8-9-23-11-13-25-18-29(32)30(33)19-26(25)17-23/h4-7,11,13-15,17-20H,2-3,10,12,16H2,1H3. The van der Waals surface area contributed by atoms with Crippen molar-refractivity contribution in [1.29, 1.82) is 0 Å². The van der Waals surface area contributed by atoms with Gasteiger partial charge in [-0.2, -0.15) is 0 Å². The molecular weight excluding hydrogens is 433 g/mol. The Morgan fingerprint density at radius 1 is 0.676 bits per heavy atom. The fourth-order valence-electron chi connectivity index (χ4n) is 3.65. The molecule has 0 saturated carbocycles. The van der Waals surface area contributed by atoms with Crippen LogP contribution < -0.4 is 4.74 Å². The van der Waals surface area contributed by atoms with Crippen LogP contribution in [0.1, 0.15) is 42.0 Å². The first-order valence-electron chi connectivity index (χ1n) is 11.4. The van der Waals surface area contributed by atoms with E-state index in [1.807, 2.05) is 30.3 Å². The topological polar surface area (TPSA) is 9.23 Å². The minimum absolute atomic E-state index is 0.241. The van der Waals surface area contributed by atoms with Gasteiger partial charge in [-0.05, 0) is 83.6 Å². The lowest BCUT2D eigenvalue weighted by Crippen LogP contribution is -1.99. The number of unbranched alkanes of at least 4 members (excludes halogenated alkanes) is 1. The summed E-state index contributed by atoms with van der Waals surface area (Å²) in [5, 5.41) is 1.23. The average molecular weight is 459 g/mol. The molecule has 0 aromatic heterocycles. The van der Waals surface area contributed by atoms with Crippen molar-refractivity contribution in [3.8, 4) is 17.6 Å². The normalized spacial score (nSPS) is 10.7. The SMILES string of the molecule is CCCCOc1ccc(CCc2ccc(C#Cc3ccc4cc(F)c(F)cc4c3)cc2)c(F)c1. The van der Waals surface area contributed by atoms with Crippen LogP contribution in [0.2, 0.25) is 0 Å². The molecule has 0 aliphatic carbocycles. The zero-order chi connectivity index (χ0) is 23.9. The van der Waals surface area contributed by atoms with Crippen LogP contribution in [0.25, 0.3) is 10.8 Å². The highest BCUT2D eigenvalue weighted by atomic mass is 19.2. The molecule has 0 radical (unpaired) electrons. The largest absolute Gasteiger partial charge is 0.493 e. The summed E-state index contributed by atoms with van der Waals surface area (Å²) in [7, 11) is 0. The van der Waals surface area contributed by atoms with Crippen LogP contribution in [-0.2, 0) is 12.8 Å². The van der Waals surface area contributed by atoms with Crippen LogP contribution in [-0.4, -0.2) is 6.61 Å². The Balaban J connectivity index is 1.37. The second-order valence-electron chi connectivity index (χ2n) is 8.23. The smallest absolute Gasteiger partial charge is 0.159 e. The van der Waals surface area contributed by atoms with Gasteiger partial charge < -0.3 is 4.74 Å². The van der Waals surface area contributed by atoms with Crippen LogP contribution in [0.3, 0.4) is 0 Å². The first-order valence-corrected chi connectivity index (χ1v) is 11.4. The zero-order valence-electron chi connectivity index (χ0n) is 19.0. The summed E-state index contributed by atoms with van der Waals surface area (Å²) in [6.45, 7) is 2.69. The fourth-order valence-corrected chi connectivity index (χ4v) is 3.65. The molecule has 172 valence electrons. The highest BCUT2D eigenvalue weighted by molar-refractivity contribution is 5.84. The van der Waals surface area contributed by atoms with Gasteiger partial charge in [-0.25, -0.2) is 13.2 Å². The monoisotopic (exact) mass is 458 g/mol. The molecule has 4 rings (SSSR count). The minimum Gasteiger partial charge on any atom is -0.493 e. The van der Waals surface area contributed by atoms with Crippen molar-refractivity contribution in [2.45, 2.75) is 32.6 Å². The van der Waals surface area contributed by atoms with Crippen molar-refractivity contribution in [1.82, 2.24) is 0 Å². The van der Waals surface area contributed by atoms with E-state index in [2.05, 4.69) is 18.8 Å². The van der Waals surface area contributed by atoms with Crippen LogP contribution in [0.4, 0.5) is 13.2 Å². The Bertz CT molecular complexity index is 1350. The first kappa shape index (κ1) is 23.4. The number of aryl methyl sites for hydroxylation is 2. The van der Waals surface area contributed by atoms with E-state index in [1.165, 1.54) is 18.2 Å². The summed E-state index contributed by atoms with van der Waals surface area (Å²) in [5.74, 6) is 4.76. The molecule has 0 heterocycles. The van der Waals surface area contributed by atoms with Crippen molar-refractivity contribution < 1.29 is 17.9 Å². The Hall–Kier alpha value is -3.71. The van der Waals surface area contributed by atoms with Crippen LogP contribution in [0, 0.1) is 29.3 Å². The lowest BCUT2D eigenvalue weighted by atomic mass is 10.0. The van der Waals surface area contributed by atoms with Crippen molar-refractivity contribution >= 4 is 10.8 Å². The summed E-state index contributed by atoms with van der Waals surface area (Å²) in [6.07, 6.45) is 3.30. The number of hydrogen-bond acceptors (Lipinski definition) is 1. The number of halogens is 3. The van der Waals surface area contributed by atoms with Gasteiger partial charge in [-0.3, -0.25) is 0 Å². The van der Waals surface area contributed by atoms with Gasteiger partial charge >= 0.3 is 0 Å². The van der Waals surface area contributed by atoms with Crippen LogP contribution in [0.5, 0.6) is 5.75 Å². The lowest BCUT2D eigenvalue weighted by molar-refractivity contribution is 0.307. The van der Waals surface area contributed by atoms with E-state index >= 15 is 0 Å². The molecule has 0 fully saturated rings. The Labute approximate surface area is 198 Å². The highest BCUT2D eigenvalue weighted by Crippen LogP contribution is 2.21. The lowest BCUT2D eigenvalue weighted by Gasteiger charge is -2.08. The zero-order valence-corrected chi connectivity index (χ0v) is 19.0. The molecule has 0 unspecified atom stereocenters. The van der Waals surface area contributed by atoms with Crippen LogP contribution >= 0.6 is 0 Å². The summed E-state index contributed by atoms with van der Waals surface area (Å²) >= 11 is 0. The van der Waals surface area contributed by atoms with E-state index in [0.29, 0.717) is 41.5 Å². The molecule has 4 aromatic carbocycles. The molecular formula is C30H25F3O. The number of ether oxygens (including phenoxy) is 1. The summed E-state index contributed by atoms with van der Waals surface area (Å²) in [6, 6.07) is 20.5. The summed E-state index contributed by atoms with van der Waals surface area (Å²) in [4.78, 5) is 0. The second kappa shape index (κ2) is 10.9. The van der Waals surface area contributed by atoms with Gasteiger partial charge in [0, 0.05) is 17.2 Å². The van der Waals surface area contributed by atoms with Crippen molar-refractivity contribution in [3.63, 3.8) is 0 Å². The van der Waals surface area contributed by atoms with E-state index in [1.54, 1.807) is 24.3 Å². The van der Waals surface area contributed by atoms with Gasteiger partial charge in [0.15, 0.2) is 11.6 Å². The number of rotatable bonds is 7. The van der Waals surface area contributed by atoms with E-state index < -0.39 is 11.6 Å². The average Bonchev–Trinajstić information content (AvgIpc) is 2.84. The number of benzene rings is 4. The molecule has 0 bridgehead atoms. The van der Waals surface area contributed by atoms with Gasteiger partial charge in [-0.15, -0.1) is 0 Å². The second-order valence-corrected chi connectivity index (χ2v) is 8.23. The molecule has 0 atom stereocenters. The quantitative estimate of drug-likeness (QED) is 0.204. The summed E-state index contributed by atoms with van der Waals surface area (Å²) < 4.78 is 46.8. The Morgan fingerprint density at radius 3 is 2.12 bits per heavy atom. The number of fused-ring (bicyclic) bond motifs is 1. The maximum Gasteiger partial charge on any atom is 0.159 e. The van der Waals surface area contributed by atoms with Gasteiger partial charge in [0.05, 0.1) is 6.61 Å². The van der Waals surface area contributed by atoms with Crippen LogP contribution in [0.15, 0.2) is 72.8 Å². The van der Waals surface area contributed by atoms with Gasteiger partial charge in [0.2, 0.25) is 0 Å². The highest BCUT2D eigenvalue weighted by Gasteiger charge is 2.06. The molecule has 0 aliphatic heterocycles. The maximum absolute atomic E-state index is 14.4. The molecule has 1 nitrogen and oxygen atoms in total. The van der Waals surface area contributed by atoms with Crippen molar-refractivity contribution in [2.24, 2.45) is 0 Å². The van der Waals surface area contributed by atoms with Gasteiger partial charge in [0.1, 0.15) is 11.6 Å². The van der Waals surface area contributed by atoms with Gasteiger partial charge in [0.25, 0.3) is 0 Å². The maximum atomic E-state index is 14.4. The van der Waals surface area contributed by atoms with E-state index in [9.17, 15) is 13.2 Å². The van der Waals surface area contributed by atoms with E-state index in [4.69, 9.17) is 4.74 Å². The number of hydrogen-bond donors (Lipinski definition) is 0.